The van der Waals surface area contributed by atoms with Crippen LogP contribution in [-0.2, 0) is 6.54 Å². The van der Waals surface area contributed by atoms with Crippen LogP contribution in [0.15, 0.2) is 30.3 Å². The summed E-state index contributed by atoms with van der Waals surface area (Å²) in [6.45, 7) is -0.156. The Morgan fingerprint density at radius 1 is 1.24 bits per heavy atom. The number of imidazole rings is 1. The third-order valence-corrected chi connectivity index (χ3v) is 3.49. The van der Waals surface area contributed by atoms with Crippen LogP contribution in [0.1, 0.15) is 5.56 Å². The van der Waals surface area contributed by atoms with Crippen molar-refractivity contribution in [3.63, 3.8) is 0 Å². The number of hydrogen-bond acceptors (Lipinski definition) is 3. The lowest BCUT2D eigenvalue weighted by molar-refractivity contribution is 0.476. The van der Waals surface area contributed by atoms with Crippen LogP contribution in [0.5, 0.6) is 5.75 Å². The quantitative estimate of drug-likeness (QED) is 0.714. The van der Waals surface area contributed by atoms with Crippen LogP contribution >= 0.6 is 11.6 Å². The summed E-state index contributed by atoms with van der Waals surface area (Å²) in [5.74, 6) is -1.44. The number of rotatable bonds is 2. The standard InChI is InChI=1S/C14H10ClF2N3O/c15-14-19-13-11(18)4-7(21)5-12(13)20(14)6-8-9(16)2-1-3-10(8)17/h1-5,21H,6,18H2. The van der Waals surface area contributed by atoms with Gasteiger partial charge in [-0.1, -0.05) is 6.07 Å². The van der Waals surface area contributed by atoms with Crippen LogP contribution in [0.25, 0.3) is 11.0 Å². The van der Waals surface area contributed by atoms with E-state index in [0.717, 1.165) is 12.1 Å². The van der Waals surface area contributed by atoms with Gasteiger partial charge >= 0.3 is 0 Å². The molecule has 1 aromatic heterocycles. The van der Waals surface area contributed by atoms with Gasteiger partial charge in [0.1, 0.15) is 22.9 Å². The molecule has 21 heavy (non-hydrogen) atoms. The molecule has 0 saturated heterocycles. The van der Waals surface area contributed by atoms with Crippen LogP contribution < -0.4 is 5.73 Å². The molecule has 0 spiro atoms. The highest BCUT2D eigenvalue weighted by molar-refractivity contribution is 6.29. The minimum atomic E-state index is -0.680. The molecule has 0 unspecified atom stereocenters. The lowest BCUT2D eigenvalue weighted by Gasteiger charge is -2.08. The Kier molecular flexibility index (Phi) is 3.17. The monoisotopic (exact) mass is 309 g/mol. The van der Waals surface area contributed by atoms with Crippen LogP contribution in [0.2, 0.25) is 5.28 Å². The van der Waals surface area contributed by atoms with Crippen molar-refractivity contribution in [2.75, 3.05) is 5.73 Å². The summed E-state index contributed by atoms with van der Waals surface area (Å²) in [5, 5.41) is 9.64. The summed E-state index contributed by atoms with van der Waals surface area (Å²) in [7, 11) is 0. The van der Waals surface area contributed by atoms with Gasteiger partial charge in [-0.2, -0.15) is 0 Å². The zero-order valence-corrected chi connectivity index (χ0v) is 11.4. The van der Waals surface area contributed by atoms with Crippen molar-refractivity contribution in [3.8, 4) is 5.75 Å². The number of nitrogens with zero attached hydrogens (tertiary/aromatic N) is 2. The third-order valence-electron chi connectivity index (χ3n) is 3.20. The fourth-order valence-electron chi connectivity index (χ4n) is 2.20. The lowest BCUT2D eigenvalue weighted by atomic mass is 10.2. The molecule has 1 heterocycles. The Labute approximate surface area is 123 Å². The highest BCUT2D eigenvalue weighted by Crippen LogP contribution is 2.30. The molecule has 3 N–H and O–H groups in total. The van der Waals surface area contributed by atoms with Gasteiger partial charge in [0, 0.05) is 17.7 Å². The number of anilines is 1. The summed E-state index contributed by atoms with van der Waals surface area (Å²) in [6, 6.07) is 6.34. The van der Waals surface area contributed by atoms with E-state index < -0.39 is 11.6 Å². The van der Waals surface area contributed by atoms with E-state index >= 15 is 0 Å². The van der Waals surface area contributed by atoms with Crippen LogP contribution in [0.3, 0.4) is 0 Å². The Hall–Kier alpha value is -2.34. The number of nitrogens with two attached hydrogens (primary N) is 1. The first-order valence-electron chi connectivity index (χ1n) is 6.04. The fraction of sp³-hybridized carbons (Fsp3) is 0.0714. The molecule has 2 aromatic carbocycles. The Morgan fingerprint density at radius 3 is 2.57 bits per heavy atom. The summed E-state index contributed by atoms with van der Waals surface area (Å²) in [5.41, 5.74) is 6.62. The molecule has 7 heteroatoms. The van der Waals surface area contributed by atoms with Gasteiger partial charge in [-0.15, -0.1) is 0 Å². The van der Waals surface area contributed by atoms with Gasteiger partial charge in [0.05, 0.1) is 17.7 Å². The molecule has 0 saturated carbocycles. The second kappa shape index (κ2) is 4.89. The number of phenols is 1. The minimum absolute atomic E-state index is 0.0324. The first kappa shape index (κ1) is 13.6. The molecule has 0 bridgehead atoms. The molecule has 108 valence electrons. The lowest BCUT2D eigenvalue weighted by Crippen LogP contribution is -2.05. The van der Waals surface area contributed by atoms with Crippen molar-refractivity contribution < 1.29 is 13.9 Å². The average Bonchev–Trinajstić information content (AvgIpc) is 2.71. The van der Waals surface area contributed by atoms with E-state index in [9.17, 15) is 13.9 Å². The molecule has 3 rings (SSSR count). The molecule has 0 radical (unpaired) electrons. The Balaban J connectivity index is 2.19. The van der Waals surface area contributed by atoms with Crippen molar-refractivity contribution >= 4 is 28.3 Å². The van der Waals surface area contributed by atoms with Crippen molar-refractivity contribution in [1.82, 2.24) is 9.55 Å². The van der Waals surface area contributed by atoms with Gasteiger partial charge in [-0.25, -0.2) is 13.8 Å². The molecular formula is C14H10ClF2N3O. The van der Waals surface area contributed by atoms with Gasteiger partial charge in [-0.3, -0.25) is 0 Å². The zero-order chi connectivity index (χ0) is 15.1. The fourth-order valence-corrected chi connectivity index (χ4v) is 2.43. The number of hydrogen-bond donors (Lipinski definition) is 2. The highest BCUT2D eigenvalue weighted by Gasteiger charge is 2.16. The Morgan fingerprint density at radius 2 is 1.90 bits per heavy atom. The second-order valence-electron chi connectivity index (χ2n) is 4.57. The topological polar surface area (TPSA) is 64.1 Å². The molecule has 0 atom stereocenters. The second-order valence-corrected chi connectivity index (χ2v) is 4.91. The number of halogens is 3. The first-order chi connectivity index (χ1) is 9.97. The number of phenolic OH excluding ortho intramolecular Hbond substituents is 1. The third kappa shape index (κ3) is 2.27. The number of aromatic hydroxyl groups is 1. The van der Waals surface area contributed by atoms with Crippen molar-refractivity contribution in [3.05, 3.63) is 52.8 Å². The van der Waals surface area contributed by atoms with Crippen LogP contribution in [0, 0.1) is 11.6 Å². The van der Waals surface area contributed by atoms with Gasteiger partial charge < -0.3 is 15.4 Å². The van der Waals surface area contributed by atoms with Crippen LogP contribution in [0.4, 0.5) is 14.5 Å². The molecule has 0 amide bonds. The van der Waals surface area contributed by atoms with Gasteiger partial charge in [0.2, 0.25) is 5.28 Å². The molecule has 4 nitrogen and oxygen atoms in total. The molecular weight excluding hydrogens is 300 g/mol. The van der Waals surface area contributed by atoms with Crippen molar-refractivity contribution in [2.24, 2.45) is 0 Å². The molecule has 0 aliphatic rings. The maximum atomic E-state index is 13.7. The normalized spacial score (nSPS) is 11.2. The largest absolute Gasteiger partial charge is 0.508 e. The van der Waals surface area contributed by atoms with E-state index in [4.69, 9.17) is 17.3 Å². The van der Waals surface area contributed by atoms with Crippen molar-refractivity contribution in [2.45, 2.75) is 6.54 Å². The van der Waals surface area contributed by atoms with E-state index in [1.807, 2.05) is 0 Å². The van der Waals surface area contributed by atoms with E-state index in [0.29, 0.717) is 11.0 Å². The predicted molar refractivity (Wildman–Crippen MR) is 76.3 cm³/mol. The predicted octanol–water partition coefficient (Wildman–Crippen LogP) is 3.30. The molecule has 0 aliphatic heterocycles. The number of fused-ring (bicyclic) bond motifs is 1. The maximum Gasteiger partial charge on any atom is 0.204 e. The smallest absolute Gasteiger partial charge is 0.204 e. The SMILES string of the molecule is Nc1cc(O)cc2c1nc(Cl)n2Cc1c(F)cccc1F. The van der Waals surface area contributed by atoms with Gasteiger partial charge in [0.25, 0.3) is 0 Å². The summed E-state index contributed by atoms with van der Waals surface area (Å²) in [6.07, 6.45) is 0. The first-order valence-corrected chi connectivity index (χ1v) is 6.42. The van der Waals surface area contributed by atoms with Crippen molar-refractivity contribution in [1.29, 1.82) is 0 Å². The average molecular weight is 310 g/mol. The highest BCUT2D eigenvalue weighted by atomic mass is 35.5. The summed E-state index contributed by atoms with van der Waals surface area (Å²) in [4.78, 5) is 4.06. The zero-order valence-electron chi connectivity index (χ0n) is 10.6. The number of nitrogen functional groups attached to an aromatic ring is 1. The molecule has 0 aliphatic carbocycles. The number of benzene rings is 2. The molecule has 3 aromatic rings. The Bertz CT molecular complexity index is 828. The molecule has 0 fully saturated rings. The number of aromatic nitrogens is 2. The van der Waals surface area contributed by atoms with E-state index in [1.165, 1.54) is 22.8 Å². The van der Waals surface area contributed by atoms with E-state index in [2.05, 4.69) is 4.98 Å². The van der Waals surface area contributed by atoms with Gasteiger partial charge in [0.15, 0.2) is 0 Å². The summed E-state index contributed by atoms with van der Waals surface area (Å²) < 4.78 is 28.9. The minimum Gasteiger partial charge on any atom is -0.508 e. The van der Waals surface area contributed by atoms with E-state index in [-0.39, 0.29) is 28.8 Å². The van der Waals surface area contributed by atoms with E-state index in [1.54, 1.807) is 0 Å². The van der Waals surface area contributed by atoms with Crippen LogP contribution in [-0.4, -0.2) is 14.7 Å². The maximum absolute atomic E-state index is 13.7. The van der Waals surface area contributed by atoms with Gasteiger partial charge in [-0.05, 0) is 23.7 Å². The summed E-state index contributed by atoms with van der Waals surface area (Å²) >= 11 is 6.02.